The number of fused-ring (bicyclic) bond motifs is 8. The lowest BCUT2D eigenvalue weighted by Crippen LogP contribution is -2.75. The van der Waals surface area contributed by atoms with E-state index in [2.05, 4.69) is 40.1 Å². The fraction of sp³-hybridized carbons (Fsp3) is 0. The summed E-state index contributed by atoms with van der Waals surface area (Å²) in [5, 5.41) is 2.43. The number of para-hydroxylation sites is 8. The molecule has 0 spiro atoms. The first-order valence-electron chi connectivity index (χ1n) is 20.5. The van der Waals surface area contributed by atoms with Crippen LogP contribution in [-0.4, -0.2) is 33.4 Å². The van der Waals surface area contributed by atoms with Crippen LogP contribution in [0.4, 0.5) is 34.1 Å². The molecule has 0 saturated heterocycles. The normalized spacial score (nSPS) is 14.5. The second-order valence-electron chi connectivity index (χ2n) is 15.7. The van der Waals surface area contributed by atoms with Crippen LogP contribution in [0.3, 0.4) is 0 Å². The van der Waals surface area contributed by atoms with Crippen LogP contribution < -0.4 is 68.5 Å². The molecule has 0 unspecified atom stereocenters. The summed E-state index contributed by atoms with van der Waals surface area (Å²) >= 11 is 0. The minimum absolute atomic E-state index is 0.378. The van der Waals surface area contributed by atoms with Crippen LogP contribution in [0.5, 0.6) is 23.0 Å². The first-order valence-corrected chi connectivity index (χ1v) is 22.2. The number of aromatic nitrogens is 4. The Labute approximate surface area is 357 Å². The van der Waals surface area contributed by atoms with Gasteiger partial charge in [0, 0.05) is 15.9 Å². The highest BCUT2D eigenvalue weighted by Gasteiger charge is 2.52. The molecule has 13 rings (SSSR count). The summed E-state index contributed by atoms with van der Waals surface area (Å²) in [6.45, 7) is -0.755. The molecule has 0 radical (unpaired) electrons. The molecule has 62 heavy (non-hydrogen) atoms. The molecule has 0 saturated carbocycles. The van der Waals surface area contributed by atoms with Gasteiger partial charge in [-0.1, -0.05) is 137 Å². The quantitative estimate of drug-likeness (QED) is 0.164. The lowest BCUT2D eigenvalue weighted by Gasteiger charge is -2.39. The molecule has 9 nitrogen and oxygen atoms in total. The number of ether oxygens (including phenoxy) is 2. The Balaban J connectivity index is 0.948. The first kappa shape index (κ1) is 35.1. The molecular formula is C50H31B2N6O3P. The van der Waals surface area contributed by atoms with Crippen LogP contribution in [0.1, 0.15) is 0 Å². The third kappa shape index (κ3) is 4.97. The van der Waals surface area contributed by atoms with E-state index < -0.39 is 7.14 Å². The van der Waals surface area contributed by atoms with Crippen LogP contribution in [0.2, 0.25) is 0 Å². The van der Waals surface area contributed by atoms with Gasteiger partial charge < -0.3 is 23.8 Å². The van der Waals surface area contributed by atoms with Crippen LogP contribution in [0, 0.1) is 0 Å². The lowest BCUT2D eigenvalue weighted by molar-refractivity contribution is 0.476. The molecule has 6 heterocycles. The van der Waals surface area contributed by atoms with Gasteiger partial charge in [0.15, 0.2) is 30.1 Å². The van der Waals surface area contributed by atoms with Crippen molar-refractivity contribution in [1.29, 1.82) is 0 Å². The molecule has 7 aromatic carbocycles. The van der Waals surface area contributed by atoms with Gasteiger partial charge in [-0.25, -0.2) is 19.9 Å². The Morgan fingerprint density at radius 2 is 0.710 bits per heavy atom. The van der Waals surface area contributed by atoms with Gasteiger partial charge in [0.25, 0.3) is 13.4 Å². The van der Waals surface area contributed by atoms with Crippen molar-refractivity contribution in [2.75, 3.05) is 9.80 Å². The SMILES string of the molecule is O=P12c3ccccc3B(c3ncc(N4c5ccccc5Oc5ccccc54)cn3)c3cccc(c31)B(c1ncc(N3c4ccccc4Oc4ccccc43)cn1)c1ccccc12. The number of hydrogen-bond donors (Lipinski definition) is 0. The van der Waals surface area contributed by atoms with Crippen LogP contribution in [0.25, 0.3) is 0 Å². The average Bonchev–Trinajstić information content (AvgIpc) is 3.33. The molecule has 0 atom stereocenters. The molecule has 0 amide bonds. The van der Waals surface area contributed by atoms with Crippen molar-refractivity contribution in [1.82, 2.24) is 19.9 Å². The Hall–Kier alpha value is -7.74. The predicted octanol–water partition coefficient (Wildman–Crippen LogP) is 5.72. The highest BCUT2D eigenvalue weighted by molar-refractivity contribution is 7.88. The van der Waals surface area contributed by atoms with Crippen LogP contribution in [-0.2, 0) is 4.57 Å². The lowest BCUT2D eigenvalue weighted by atomic mass is 9.36. The first-order chi connectivity index (χ1) is 30.6. The molecule has 0 fully saturated rings. The molecule has 0 N–H and O–H groups in total. The van der Waals surface area contributed by atoms with Gasteiger partial charge in [-0.05, 0) is 48.5 Å². The summed E-state index contributed by atoms with van der Waals surface area (Å²) < 4.78 is 28.9. The maximum absolute atomic E-state index is 16.4. The van der Waals surface area contributed by atoms with Crippen molar-refractivity contribution in [3.8, 4) is 23.0 Å². The van der Waals surface area contributed by atoms with Gasteiger partial charge in [0.2, 0.25) is 0 Å². The second-order valence-corrected chi connectivity index (χ2v) is 18.4. The van der Waals surface area contributed by atoms with Crippen LogP contribution in [0.15, 0.2) is 189 Å². The molecule has 4 aliphatic heterocycles. The minimum Gasteiger partial charge on any atom is -0.453 e. The fourth-order valence-electron chi connectivity index (χ4n) is 9.87. The van der Waals surface area contributed by atoms with Gasteiger partial charge in [0.1, 0.15) is 0 Å². The zero-order chi connectivity index (χ0) is 40.9. The Morgan fingerprint density at radius 1 is 0.387 bits per heavy atom. The molecule has 4 aliphatic rings. The molecule has 9 aromatic rings. The van der Waals surface area contributed by atoms with E-state index in [4.69, 9.17) is 29.4 Å². The Bertz CT molecular complexity index is 3050. The Morgan fingerprint density at radius 3 is 1.10 bits per heavy atom. The molecular weight excluding hydrogens is 785 g/mol. The summed E-state index contributed by atoms with van der Waals surface area (Å²) in [7, 11) is -3.40. The van der Waals surface area contributed by atoms with E-state index in [1.807, 2.05) is 158 Å². The van der Waals surface area contributed by atoms with E-state index >= 15 is 4.57 Å². The average molecular weight is 816 g/mol. The summed E-state index contributed by atoms with van der Waals surface area (Å²) in [6, 6.07) is 54.4. The summed E-state index contributed by atoms with van der Waals surface area (Å²) in [4.78, 5) is 24.8. The monoisotopic (exact) mass is 816 g/mol. The Kier molecular flexibility index (Phi) is 7.57. The second kappa shape index (κ2) is 13.4. The smallest absolute Gasteiger partial charge is 0.291 e. The summed E-state index contributed by atoms with van der Waals surface area (Å²) in [5.41, 5.74) is 10.2. The summed E-state index contributed by atoms with van der Waals surface area (Å²) in [5.74, 6) is 3.03. The largest absolute Gasteiger partial charge is 0.453 e. The highest BCUT2D eigenvalue weighted by Crippen LogP contribution is 2.51. The zero-order valence-corrected chi connectivity index (χ0v) is 33.8. The van der Waals surface area contributed by atoms with Gasteiger partial charge in [-0.15, -0.1) is 0 Å². The molecule has 0 aliphatic carbocycles. The van der Waals surface area contributed by atoms with E-state index in [1.54, 1.807) is 0 Å². The third-order valence-corrected chi connectivity index (χ3v) is 15.7. The van der Waals surface area contributed by atoms with Crippen molar-refractivity contribution >= 4 is 104 Å². The number of rotatable bonds is 4. The number of anilines is 6. The van der Waals surface area contributed by atoms with E-state index in [-0.39, 0.29) is 13.4 Å². The van der Waals surface area contributed by atoms with Gasteiger partial charge in [-0.2, -0.15) is 0 Å². The van der Waals surface area contributed by atoms with E-state index in [9.17, 15) is 0 Å². The zero-order valence-electron chi connectivity index (χ0n) is 32.9. The highest BCUT2D eigenvalue weighted by atomic mass is 31.2. The number of nitrogens with zero attached hydrogens (tertiary/aromatic N) is 6. The topological polar surface area (TPSA) is 93.6 Å². The maximum atomic E-state index is 16.4. The van der Waals surface area contributed by atoms with Gasteiger partial charge >= 0.3 is 0 Å². The maximum Gasteiger partial charge on any atom is 0.291 e. The minimum atomic E-state index is -3.40. The standard InChI is InChI=1S/C50H31B2N6O3P/c59-62-46-26-11-1-14-34(46)51(49-53-28-32(29-54-49)57-38-18-3-7-22-42(38)60-43-23-8-4-19-39(43)57)36-16-13-17-37(48(36)62)52(35-15-2-12-27-47(35)62)50-55-30-33(31-56-50)58-40-20-5-9-24-44(40)61-45-25-10-6-21-41(45)58/h1-31H. The molecule has 2 aromatic heterocycles. The summed E-state index contributed by atoms with van der Waals surface area (Å²) in [6.07, 6.45) is 7.52. The fourth-order valence-corrected chi connectivity index (χ4v) is 13.5. The predicted molar refractivity (Wildman–Crippen MR) is 249 cm³/mol. The molecule has 290 valence electrons. The number of hydrogen-bond acceptors (Lipinski definition) is 9. The van der Waals surface area contributed by atoms with Crippen molar-refractivity contribution in [3.05, 3.63) is 189 Å². The third-order valence-electron chi connectivity index (χ3n) is 12.4. The van der Waals surface area contributed by atoms with Crippen LogP contribution >= 0.6 is 7.14 Å². The molecule has 12 heteroatoms. The van der Waals surface area contributed by atoms with Crippen molar-refractivity contribution in [2.24, 2.45) is 0 Å². The van der Waals surface area contributed by atoms with E-state index in [1.165, 1.54) is 0 Å². The van der Waals surface area contributed by atoms with Crippen molar-refractivity contribution < 1.29 is 14.0 Å². The number of benzene rings is 7. The molecule has 0 bridgehead atoms. The van der Waals surface area contributed by atoms with Crippen molar-refractivity contribution in [3.63, 3.8) is 0 Å². The van der Waals surface area contributed by atoms with E-state index in [0.717, 1.165) is 94.9 Å². The van der Waals surface area contributed by atoms with Gasteiger partial charge in [-0.3, -0.25) is 0 Å². The van der Waals surface area contributed by atoms with Crippen molar-refractivity contribution in [2.45, 2.75) is 0 Å². The van der Waals surface area contributed by atoms with E-state index in [0.29, 0.717) is 11.4 Å². The van der Waals surface area contributed by atoms with Gasteiger partial charge in [0.05, 0.1) is 70.4 Å².